The highest BCUT2D eigenvalue weighted by Crippen LogP contribution is 2.18. The number of H-pyrrole nitrogens is 1. The average molecular weight is 340 g/mol. The molecule has 6 heteroatoms. The molecule has 0 bridgehead atoms. The molecule has 25 heavy (non-hydrogen) atoms. The third-order valence-electron chi connectivity index (χ3n) is 3.77. The Balaban J connectivity index is 1.52. The van der Waals surface area contributed by atoms with Gasteiger partial charge in [-0.2, -0.15) is 0 Å². The summed E-state index contributed by atoms with van der Waals surface area (Å²) in [4.78, 5) is 14.0. The molecule has 3 rings (SSSR count). The van der Waals surface area contributed by atoms with E-state index in [1.165, 1.54) is 6.07 Å². The highest BCUT2D eigenvalue weighted by atomic mass is 16.5. The number of aromatic amines is 1. The van der Waals surface area contributed by atoms with Gasteiger partial charge in [0.1, 0.15) is 24.2 Å². The number of nitrogens with one attached hydrogen (secondary N) is 2. The number of hydrogen-bond acceptors (Lipinski definition) is 5. The molecule has 0 aliphatic rings. The lowest BCUT2D eigenvalue weighted by Crippen LogP contribution is -2.26. The van der Waals surface area contributed by atoms with Crippen LogP contribution < -0.4 is 20.3 Å². The van der Waals surface area contributed by atoms with Gasteiger partial charge in [0, 0.05) is 29.2 Å². The van der Waals surface area contributed by atoms with Gasteiger partial charge in [-0.15, -0.1) is 0 Å². The van der Waals surface area contributed by atoms with Gasteiger partial charge in [-0.25, -0.2) is 0 Å². The molecule has 6 nitrogen and oxygen atoms in total. The predicted molar refractivity (Wildman–Crippen MR) is 97.6 cm³/mol. The van der Waals surface area contributed by atoms with E-state index in [1.807, 2.05) is 30.3 Å². The van der Waals surface area contributed by atoms with E-state index in [-0.39, 0.29) is 12.2 Å². The minimum Gasteiger partial charge on any atom is -0.497 e. The number of ether oxygens (including phenoxy) is 2. The first kappa shape index (κ1) is 16.9. The number of aliphatic hydroxyl groups excluding tert-OH is 1. The quantitative estimate of drug-likeness (QED) is 0.615. The van der Waals surface area contributed by atoms with Crippen LogP contribution in [0.15, 0.2) is 59.4 Å². The maximum Gasteiger partial charge on any atom is 0.248 e. The SMILES string of the molecule is COc1ccc(NC[C@@H](O)COc2ccc3[nH]c(=O)ccc3c2)cc1. The molecule has 0 aliphatic heterocycles. The van der Waals surface area contributed by atoms with E-state index in [4.69, 9.17) is 9.47 Å². The number of anilines is 1. The van der Waals surface area contributed by atoms with Crippen LogP contribution in [0.1, 0.15) is 0 Å². The minimum atomic E-state index is -0.659. The van der Waals surface area contributed by atoms with Crippen LogP contribution in [0.4, 0.5) is 5.69 Å². The van der Waals surface area contributed by atoms with Crippen LogP contribution in [-0.2, 0) is 0 Å². The Labute approximate surface area is 145 Å². The van der Waals surface area contributed by atoms with Crippen molar-refractivity contribution in [2.24, 2.45) is 0 Å². The van der Waals surface area contributed by atoms with Gasteiger partial charge in [-0.05, 0) is 48.5 Å². The van der Waals surface area contributed by atoms with Crippen LogP contribution in [0, 0.1) is 0 Å². The third kappa shape index (κ3) is 4.51. The van der Waals surface area contributed by atoms with Gasteiger partial charge in [-0.3, -0.25) is 4.79 Å². The largest absolute Gasteiger partial charge is 0.497 e. The Morgan fingerprint density at radius 2 is 1.84 bits per heavy atom. The first-order valence-electron chi connectivity index (χ1n) is 7.96. The molecule has 1 atom stereocenters. The topological polar surface area (TPSA) is 83.6 Å². The Hall–Kier alpha value is -2.99. The van der Waals surface area contributed by atoms with Gasteiger partial charge < -0.3 is 24.9 Å². The normalized spacial score (nSPS) is 11.9. The second-order valence-electron chi connectivity index (χ2n) is 5.65. The zero-order valence-electron chi connectivity index (χ0n) is 13.9. The molecule has 1 aromatic heterocycles. The number of benzene rings is 2. The smallest absolute Gasteiger partial charge is 0.248 e. The van der Waals surface area contributed by atoms with Crippen LogP contribution in [-0.4, -0.2) is 36.5 Å². The maximum atomic E-state index is 11.3. The van der Waals surface area contributed by atoms with Crippen molar-refractivity contribution in [1.82, 2.24) is 4.98 Å². The van der Waals surface area contributed by atoms with Crippen molar-refractivity contribution >= 4 is 16.6 Å². The van der Waals surface area contributed by atoms with Crippen LogP contribution in [0.5, 0.6) is 11.5 Å². The Bertz CT molecular complexity index is 890. The van der Waals surface area contributed by atoms with Crippen LogP contribution in [0.3, 0.4) is 0 Å². The van der Waals surface area contributed by atoms with E-state index in [0.29, 0.717) is 12.3 Å². The van der Waals surface area contributed by atoms with Gasteiger partial charge in [0.15, 0.2) is 0 Å². The van der Waals surface area contributed by atoms with Gasteiger partial charge >= 0.3 is 0 Å². The Morgan fingerprint density at radius 3 is 2.60 bits per heavy atom. The molecular formula is C19H20N2O4. The number of methoxy groups -OCH3 is 1. The lowest BCUT2D eigenvalue weighted by atomic mass is 10.2. The maximum absolute atomic E-state index is 11.3. The fourth-order valence-corrected chi connectivity index (χ4v) is 2.42. The van der Waals surface area contributed by atoms with Crippen molar-refractivity contribution in [2.45, 2.75) is 6.10 Å². The molecule has 0 unspecified atom stereocenters. The van der Waals surface area contributed by atoms with Gasteiger partial charge in [0.05, 0.1) is 7.11 Å². The van der Waals surface area contributed by atoms with Crippen LogP contribution in [0.2, 0.25) is 0 Å². The first-order chi connectivity index (χ1) is 12.1. The second kappa shape index (κ2) is 7.72. The molecule has 3 N–H and O–H groups in total. The lowest BCUT2D eigenvalue weighted by Gasteiger charge is -2.14. The van der Waals surface area contributed by atoms with E-state index >= 15 is 0 Å². The summed E-state index contributed by atoms with van der Waals surface area (Å²) in [5.41, 5.74) is 1.51. The summed E-state index contributed by atoms with van der Waals surface area (Å²) in [6.45, 7) is 0.533. The molecule has 0 aliphatic carbocycles. The predicted octanol–water partition coefficient (Wildman–Crippen LogP) is 2.39. The Morgan fingerprint density at radius 1 is 1.08 bits per heavy atom. The molecule has 0 saturated heterocycles. The summed E-state index contributed by atoms with van der Waals surface area (Å²) < 4.78 is 10.7. The lowest BCUT2D eigenvalue weighted by molar-refractivity contribution is 0.117. The number of aromatic nitrogens is 1. The summed E-state index contributed by atoms with van der Waals surface area (Å²) in [7, 11) is 1.62. The van der Waals surface area contributed by atoms with Crippen molar-refractivity contribution in [1.29, 1.82) is 0 Å². The van der Waals surface area contributed by atoms with Gasteiger partial charge in [0.2, 0.25) is 5.56 Å². The van der Waals surface area contributed by atoms with Gasteiger partial charge in [-0.1, -0.05) is 0 Å². The first-order valence-corrected chi connectivity index (χ1v) is 7.96. The molecule has 0 spiro atoms. The second-order valence-corrected chi connectivity index (χ2v) is 5.65. The minimum absolute atomic E-state index is 0.138. The standard InChI is InChI=1S/C19H20N2O4/c1-24-16-5-3-14(4-6-16)20-11-15(22)12-25-17-7-8-18-13(10-17)2-9-19(23)21-18/h2-10,15,20,22H,11-12H2,1H3,(H,21,23)/t15-/m1/s1. The van der Waals surface area contributed by atoms with Crippen LogP contribution in [0.25, 0.3) is 10.9 Å². The van der Waals surface area contributed by atoms with Crippen molar-refractivity contribution in [3.05, 3.63) is 65.0 Å². The molecule has 0 fully saturated rings. The van der Waals surface area contributed by atoms with E-state index in [1.54, 1.807) is 25.3 Å². The number of pyridine rings is 1. The summed E-state index contributed by atoms with van der Waals surface area (Å²) in [6, 6.07) is 16.1. The number of hydrogen-bond donors (Lipinski definition) is 3. The Kier molecular flexibility index (Phi) is 5.20. The molecular weight excluding hydrogens is 320 g/mol. The van der Waals surface area contributed by atoms with Crippen LogP contribution >= 0.6 is 0 Å². The molecule has 0 saturated carbocycles. The highest BCUT2D eigenvalue weighted by Gasteiger charge is 2.06. The molecule has 130 valence electrons. The van der Waals surface area contributed by atoms with Crippen molar-refractivity contribution in [3.8, 4) is 11.5 Å². The number of rotatable bonds is 7. The molecule has 1 heterocycles. The zero-order valence-corrected chi connectivity index (χ0v) is 13.9. The van der Waals surface area contributed by atoms with Gasteiger partial charge in [0.25, 0.3) is 0 Å². The molecule has 0 amide bonds. The molecule has 2 aromatic carbocycles. The summed E-state index contributed by atoms with van der Waals surface area (Å²) in [5.74, 6) is 1.43. The fourth-order valence-electron chi connectivity index (χ4n) is 2.42. The number of fused-ring (bicyclic) bond motifs is 1. The fraction of sp³-hybridized carbons (Fsp3) is 0.211. The summed E-state index contributed by atoms with van der Waals surface area (Å²) >= 11 is 0. The molecule has 3 aromatic rings. The monoisotopic (exact) mass is 340 g/mol. The molecule has 0 radical (unpaired) electrons. The summed E-state index contributed by atoms with van der Waals surface area (Å²) in [5, 5.41) is 14.1. The summed E-state index contributed by atoms with van der Waals surface area (Å²) in [6.07, 6.45) is -0.659. The average Bonchev–Trinajstić information content (AvgIpc) is 2.65. The van der Waals surface area contributed by atoms with E-state index in [0.717, 1.165) is 22.3 Å². The highest BCUT2D eigenvalue weighted by molar-refractivity contribution is 5.79. The van der Waals surface area contributed by atoms with Crippen molar-refractivity contribution in [3.63, 3.8) is 0 Å². The van der Waals surface area contributed by atoms with Crippen molar-refractivity contribution in [2.75, 3.05) is 25.6 Å². The zero-order chi connectivity index (χ0) is 17.6. The third-order valence-corrected chi connectivity index (χ3v) is 3.77. The van der Waals surface area contributed by atoms with Crippen molar-refractivity contribution < 1.29 is 14.6 Å². The number of aliphatic hydroxyl groups is 1. The van der Waals surface area contributed by atoms with E-state index < -0.39 is 6.10 Å². The van der Waals surface area contributed by atoms with E-state index in [2.05, 4.69) is 10.3 Å². The van der Waals surface area contributed by atoms with E-state index in [9.17, 15) is 9.90 Å².